The Bertz CT molecular complexity index is 2180. The van der Waals surface area contributed by atoms with Crippen LogP contribution in [0.4, 0.5) is 9.59 Å². The van der Waals surface area contributed by atoms with E-state index in [0.717, 1.165) is 22.3 Å². The molecule has 0 heterocycles. The van der Waals surface area contributed by atoms with Gasteiger partial charge in [0.1, 0.15) is 50.0 Å². The van der Waals surface area contributed by atoms with Crippen LogP contribution in [0.15, 0.2) is 158 Å². The number of hydrogen-bond donors (Lipinski definition) is 4. The lowest BCUT2D eigenvalue weighted by Crippen LogP contribution is -2.43. The number of benzene rings is 6. The van der Waals surface area contributed by atoms with Crippen LogP contribution in [0.5, 0.6) is 11.5 Å². The number of carbonyl (C=O) groups excluding carboxylic acids is 4. The SMILES string of the molecule is O=C(N[C@@H](Cc1ccc(O)c(-c2cc(C[C@H](NC(=O)OCc3ccccc3)C(=O)OCc3ccccc3)ccc2O)c1)C(=O)OCc1ccccc1)OCc1ccccc1. The van der Waals surface area contributed by atoms with Gasteiger partial charge in [0.05, 0.1) is 0 Å². The second kappa shape index (κ2) is 21.2. The standard InChI is InChI=1S/C48H44N2O10/c51-43-23-21-37(27-41(45(53)57-29-33-13-5-1-6-14-33)49-47(55)59-31-35-17-9-3-10-18-35)25-39(43)40-26-38(22-24-44(40)52)28-42(46(54)58-30-34-15-7-2-8-16-34)50-48(56)60-32-36-19-11-4-12-20-36/h1-26,41-42,51-52H,27-32H2,(H,49,55)(H,50,56)/t41-,42-/m0/s1. The molecule has 12 heteroatoms. The summed E-state index contributed by atoms with van der Waals surface area (Å²) in [6, 6.07) is 43.1. The molecule has 2 atom stereocenters. The normalized spacial score (nSPS) is 11.7. The first-order chi connectivity index (χ1) is 29.2. The molecule has 0 aliphatic rings. The van der Waals surface area contributed by atoms with Crippen LogP contribution >= 0.6 is 0 Å². The van der Waals surface area contributed by atoms with E-state index in [1.165, 1.54) is 12.1 Å². The minimum absolute atomic E-state index is 0.0204. The van der Waals surface area contributed by atoms with Gasteiger partial charge in [-0.3, -0.25) is 0 Å². The van der Waals surface area contributed by atoms with Crippen LogP contribution in [0.3, 0.4) is 0 Å². The number of esters is 2. The molecule has 0 saturated heterocycles. The maximum Gasteiger partial charge on any atom is 0.408 e. The Morgan fingerprint density at radius 2 is 0.700 bits per heavy atom. The molecule has 4 N–H and O–H groups in total. The van der Waals surface area contributed by atoms with Gasteiger partial charge in [-0.25, -0.2) is 19.2 Å². The molecule has 0 fully saturated rings. The number of phenolic OH excluding ortho intramolecular Hbond substituents is 2. The summed E-state index contributed by atoms with van der Waals surface area (Å²) in [7, 11) is 0. The molecule has 306 valence electrons. The van der Waals surface area contributed by atoms with E-state index < -0.39 is 36.2 Å². The highest BCUT2D eigenvalue weighted by Crippen LogP contribution is 2.37. The second-order valence-electron chi connectivity index (χ2n) is 13.8. The number of rotatable bonds is 17. The molecule has 6 aromatic carbocycles. The van der Waals surface area contributed by atoms with Gasteiger partial charge in [0.2, 0.25) is 0 Å². The fraction of sp³-hybridized carbons (Fsp3) is 0.167. The third kappa shape index (κ3) is 12.7. The number of ether oxygens (including phenoxy) is 4. The average Bonchev–Trinajstić information content (AvgIpc) is 3.28. The average molecular weight is 809 g/mol. The molecule has 2 amide bonds. The minimum atomic E-state index is -1.19. The third-order valence-corrected chi connectivity index (χ3v) is 9.32. The first-order valence-corrected chi connectivity index (χ1v) is 19.2. The smallest absolute Gasteiger partial charge is 0.408 e. The summed E-state index contributed by atoms with van der Waals surface area (Å²) in [5, 5.41) is 27.4. The highest BCUT2D eigenvalue weighted by molar-refractivity contribution is 5.83. The fourth-order valence-corrected chi connectivity index (χ4v) is 6.18. The van der Waals surface area contributed by atoms with E-state index in [1.807, 2.05) is 72.8 Å². The van der Waals surface area contributed by atoms with Gasteiger partial charge in [-0.15, -0.1) is 0 Å². The van der Waals surface area contributed by atoms with Crippen molar-refractivity contribution in [2.45, 2.75) is 51.4 Å². The lowest BCUT2D eigenvalue weighted by molar-refractivity contribution is -0.148. The largest absolute Gasteiger partial charge is 0.507 e. The Kier molecular flexibility index (Phi) is 14.9. The molecule has 0 saturated carbocycles. The maximum absolute atomic E-state index is 13.5. The van der Waals surface area contributed by atoms with E-state index in [-0.39, 0.29) is 61.9 Å². The van der Waals surface area contributed by atoms with Gasteiger partial charge in [0.15, 0.2) is 0 Å². The molecule has 0 aliphatic heterocycles. The van der Waals surface area contributed by atoms with Gasteiger partial charge in [-0.2, -0.15) is 0 Å². The van der Waals surface area contributed by atoms with Gasteiger partial charge >= 0.3 is 24.1 Å². The van der Waals surface area contributed by atoms with Gasteiger partial charge in [0, 0.05) is 24.0 Å². The second-order valence-corrected chi connectivity index (χ2v) is 13.8. The van der Waals surface area contributed by atoms with Gasteiger partial charge < -0.3 is 39.8 Å². The number of nitrogens with one attached hydrogen (secondary N) is 2. The fourth-order valence-electron chi connectivity index (χ4n) is 6.18. The Hall–Kier alpha value is -7.60. The Morgan fingerprint density at radius 1 is 0.400 bits per heavy atom. The molecule has 0 radical (unpaired) electrons. The topological polar surface area (TPSA) is 170 Å². The number of amides is 2. The number of phenols is 2. The van der Waals surface area contributed by atoms with Gasteiger partial charge in [0.25, 0.3) is 0 Å². The lowest BCUT2D eigenvalue weighted by Gasteiger charge is -2.20. The highest BCUT2D eigenvalue weighted by atomic mass is 16.6. The summed E-state index contributed by atoms with van der Waals surface area (Å²) in [5.41, 5.74) is 4.44. The minimum Gasteiger partial charge on any atom is -0.507 e. The van der Waals surface area contributed by atoms with Gasteiger partial charge in [-0.1, -0.05) is 133 Å². The van der Waals surface area contributed by atoms with Crippen molar-refractivity contribution in [2.75, 3.05) is 0 Å². The van der Waals surface area contributed by atoms with Crippen LogP contribution in [0.2, 0.25) is 0 Å². The number of carbonyl (C=O) groups is 4. The Labute approximate surface area is 347 Å². The van der Waals surface area contributed by atoms with Crippen molar-refractivity contribution in [3.63, 3.8) is 0 Å². The molecule has 0 aromatic heterocycles. The molecule has 6 aromatic rings. The van der Waals surface area contributed by atoms with Gasteiger partial charge in [-0.05, 0) is 57.6 Å². The molecule has 0 spiro atoms. The summed E-state index contributed by atoms with van der Waals surface area (Å²) in [6.07, 6.45) is -1.79. The zero-order chi connectivity index (χ0) is 42.1. The van der Waals surface area contributed by atoms with Crippen molar-refractivity contribution in [3.05, 3.63) is 191 Å². The van der Waals surface area contributed by atoms with Crippen LogP contribution in [0, 0.1) is 0 Å². The molecule has 6 rings (SSSR count). The predicted molar refractivity (Wildman–Crippen MR) is 222 cm³/mol. The van der Waals surface area contributed by atoms with E-state index in [0.29, 0.717) is 11.1 Å². The number of aromatic hydroxyl groups is 2. The highest BCUT2D eigenvalue weighted by Gasteiger charge is 2.27. The number of hydrogen-bond acceptors (Lipinski definition) is 10. The van der Waals surface area contributed by atoms with Crippen LogP contribution < -0.4 is 10.6 Å². The molecular weight excluding hydrogens is 765 g/mol. The van der Waals surface area contributed by atoms with Crippen molar-refractivity contribution in [1.29, 1.82) is 0 Å². The van der Waals surface area contributed by atoms with Crippen molar-refractivity contribution >= 4 is 24.1 Å². The predicted octanol–water partition coefficient (Wildman–Crippen LogP) is 7.93. The quantitative estimate of drug-likeness (QED) is 0.0525. The van der Waals surface area contributed by atoms with Crippen LogP contribution in [-0.4, -0.2) is 46.4 Å². The number of alkyl carbamates (subject to hydrolysis) is 2. The molecule has 0 aliphatic carbocycles. The van der Waals surface area contributed by atoms with Crippen molar-refractivity contribution in [1.82, 2.24) is 10.6 Å². The zero-order valence-corrected chi connectivity index (χ0v) is 32.6. The Morgan fingerprint density at radius 3 is 1.02 bits per heavy atom. The summed E-state index contributed by atoms with van der Waals surface area (Å²) in [6.45, 7) is -0.0987. The van der Waals surface area contributed by atoms with Crippen molar-refractivity contribution in [3.8, 4) is 22.6 Å². The summed E-state index contributed by atoms with van der Waals surface area (Å²) in [5.74, 6) is -1.80. The van der Waals surface area contributed by atoms with E-state index in [2.05, 4.69) is 10.6 Å². The van der Waals surface area contributed by atoms with E-state index >= 15 is 0 Å². The van der Waals surface area contributed by atoms with E-state index in [9.17, 15) is 29.4 Å². The molecule has 60 heavy (non-hydrogen) atoms. The summed E-state index contributed by atoms with van der Waals surface area (Å²) >= 11 is 0. The van der Waals surface area contributed by atoms with E-state index in [4.69, 9.17) is 18.9 Å². The summed E-state index contributed by atoms with van der Waals surface area (Å²) in [4.78, 5) is 52.8. The first kappa shape index (κ1) is 42.0. The molecule has 0 unspecified atom stereocenters. The third-order valence-electron chi connectivity index (χ3n) is 9.32. The molecule has 0 bridgehead atoms. The van der Waals surface area contributed by atoms with Crippen LogP contribution in [0.1, 0.15) is 33.4 Å². The maximum atomic E-state index is 13.5. The van der Waals surface area contributed by atoms with E-state index in [1.54, 1.807) is 72.8 Å². The van der Waals surface area contributed by atoms with Crippen molar-refractivity contribution < 1.29 is 48.3 Å². The van der Waals surface area contributed by atoms with Crippen LogP contribution in [0.25, 0.3) is 11.1 Å². The summed E-state index contributed by atoms with van der Waals surface area (Å²) < 4.78 is 22.0. The lowest BCUT2D eigenvalue weighted by atomic mass is 9.95. The first-order valence-electron chi connectivity index (χ1n) is 19.2. The van der Waals surface area contributed by atoms with Crippen molar-refractivity contribution in [2.24, 2.45) is 0 Å². The molecular formula is C48H44N2O10. The molecule has 12 nitrogen and oxygen atoms in total. The zero-order valence-electron chi connectivity index (χ0n) is 32.6. The monoisotopic (exact) mass is 808 g/mol. The van der Waals surface area contributed by atoms with Crippen LogP contribution in [-0.2, 0) is 67.8 Å². The Balaban J connectivity index is 1.20.